The van der Waals surface area contributed by atoms with Crippen LogP contribution in [0.2, 0.25) is 0 Å². The molecule has 0 unspecified atom stereocenters. The minimum Gasteiger partial charge on any atom is -0.368 e. The van der Waals surface area contributed by atoms with E-state index < -0.39 is 0 Å². The second kappa shape index (κ2) is 8.13. The molecule has 0 saturated carbocycles. The Morgan fingerprint density at radius 2 is 2.23 bits per heavy atom. The summed E-state index contributed by atoms with van der Waals surface area (Å²) in [5.41, 5.74) is 0.617. The van der Waals surface area contributed by atoms with E-state index in [4.69, 9.17) is 0 Å². The van der Waals surface area contributed by atoms with E-state index in [0.717, 1.165) is 18.8 Å². The van der Waals surface area contributed by atoms with Gasteiger partial charge in [-0.25, -0.2) is 4.98 Å². The summed E-state index contributed by atoms with van der Waals surface area (Å²) >= 11 is 0. The third-order valence-corrected chi connectivity index (χ3v) is 4.15. The fourth-order valence-electron chi connectivity index (χ4n) is 2.87. The van der Waals surface area contributed by atoms with Crippen LogP contribution in [0.15, 0.2) is 18.3 Å². The Kier molecular flexibility index (Phi) is 6.19. The first kappa shape index (κ1) is 16.7. The summed E-state index contributed by atoms with van der Waals surface area (Å²) in [6.45, 7) is 6.02. The van der Waals surface area contributed by atoms with Crippen molar-refractivity contribution in [2.24, 2.45) is 0 Å². The van der Waals surface area contributed by atoms with E-state index in [-0.39, 0.29) is 5.91 Å². The quantitative estimate of drug-likeness (QED) is 0.848. The maximum absolute atomic E-state index is 12.1. The normalized spacial score (nSPS) is 19.2. The van der Waals surface area contributed by atoms with E-state index in [2.05, 4.69) is 41.4 Å². The van der Waals surface area contributed by atoms with E-state index in [0.29, 0.717) is 17.6 Å². The zero-order chi connectivity index (χ0) is 15.9. The number of hydrogen-bond acceptors (Lipinski definition) is 4. The zero-order valence-electron chi connectivity index (χ0n) is 13.9. The van der Waals surface area contributed by atoms with Crippen molar-refractivity contribution in [1.29, 1.82) is 0 Å². The summed E-state index contributed by atoms with van der Waals surface area (Å²) in [6, 6.07) is 4.60. The molecule has 122 valence electrons. The second-order valence-corrected chi connectivity index (χ2v) is 6.41. The fourth-order valence-corrected chi connectivity index (χ4v) is 2.87. The highest BCUT2D eigenvalue weighted by Gasteiger charge is 2.18. The van der Waals surface area contributed by atoms with Crippen molar-refractivity contribution in [3.63, 3.8) is 0 Å². The highest BCUT2D eigenvalue weighted by atomic mass is 16.1. The first-order chi connectivity index (χ1) is 10.6. The minimum absolute atomic E-state index is 0.0398. The van der Waals surface area contributed by atoms with Crippen LogP contribution >= 0.6 is 0 Å². The molecule has 22 heavy (non-hydrogen) atoms. The third-order valence-electron chi connectivity index (χ3n) is 4.15. The van der Waals surface area contributed by atoms with Gasteiger partial charge in [0.25, 0.3) is 5.91 Å². The molecular weight excluding hydrogens is 276 g/mol. The van der Waals surface area contributed by atoms with Crippen molar-refractivity contribution in [1.82, 2.24) is 15.2 Å². The first-order valence-electron chi connectivity index (χ1n) is 8.27. The Bertz CT molecular complexity index is 472. The molecule has 1 fully saturated rings. The smallest absolute Gasteiger partial charge is 0.252 e. The fraction of sp³-hybridized carbons (Fsp3) is 0.647. The first-order valence-corrected chi connectivity index (χ1v) is 8.27. The van der Waals surface area contributed by atoms with Gasteiger partial charge >= 0.3 is 0 Å². The number of likely N-dealkylation sites (tertiary alicyclic amines) is 1. The molecular formula is C17H28N4O. The van der Waals surface area contributed by atoms with Gasteiger partial charge in [-0.05, 0) is 58.8 Å². The van der Waals surface area contributed by atoms with E-state index >= 15 is 0 Å². The van der Waals surface area contributed by atoms with Gasteiger partial charge in [0.2, 0.25) is 0 Å². The molecule has 5 nitrogen and oxygen atoms in total. The number of nitrogens with one attached hydrogen (secondary N) is 2. The van der Waals surface area contributed by atoms with Crippen molar-refractivity contribution in [3.8, 4) is 0 Å². The van der Waals surface area contributed by atoms with Crippen molar-refractivity contribution < 1.29 is 4.79 Å². The average molecular weight is 304 g/mol. The van der Waals surface area contributed by atoms with Crippen molar-refractivity contribution in [2.75, 3.05) is 25.5 Å². The molecule has 1 aliphatic rings. The van der Waals surface area contributed by atoms with Crippen molar-refractivity contribution in [2.45, 2.75) is 51.6 Å². The van der Waals surface area contributed by atoms with Gasteiger partial charge in [0.1, 0.15) is 5.82 Å². The molecule has 1 saturated heterocycles. The third kappa shape index (κ3) is 4.98. The van der Waals surface area contributed by atoms with Gasteiger partial charge in [-0.1, -0.05) is 6.42 Å². The lowest BCUT2D eigenvalue weighted by atomic mass is 10.0. The maximum Gasteiger partial charge on any atom is 0.252 e. The average Bonchev–Trinajstić information content (AvgIpc) is 2.49. The highest BCUT2D eigenvalue weighted by Crippen LogP contribution is 2.17. The molecule has 1 aromatic rings. The van der Waals surface area contributed by atoms with Gasteiger partial charge in [0.05, 0.1) is 5.56 Å². The number of rotatable bonds is 6. The van der Waals surface area contributed by atoms with Crippen LogP contribution < -0.4 is 10.6 Å². The summed E-state index contributed by atoms with van der Waals surface area (Å²) in [5, 5.41) is 6.21. The summed E-state index contributed by atoms with van der Waals surface area (Å²) < 4.78 is 0. The van der Waals surface area contributed by atoms with Crippen LogP contribution in [-0.2, 0) is 0 Å². The molecule has 2 heterocycles. The lowest BCUT2D eigenvalue weighted by Gasteiger charge is -2.32. The number of aromatic nitrogens is 1. The van der Waals surface area contributed by atoms with Crippen molar-refractivity contribution in [3.05, 3.63) is 23.9 Å². The van der Waals surface area contributed by atoms with Crippen LogP contribution in [-0.4, -0.2) is 48.0 Å². The summed E-state index contributed by atoms with van der Waals surface area (Å²) in [7, 11) is 2.18. The molecule has 1 atom stereocenters. The number of pyridine rings is 1. The molecule has 2 N–H and O–H groups in total. The predicted octanol–water partition coefficient (Wildman–Crippen LogP) is 2.51. The molecule has 2 rings (SSSR count). The van der Waals surface area contributed by atoms with Gasteiger partial charge < -0.3 is 15.5 Å². The summed E-state index contributed by atoms with van der Waals surface area (Å²) in [4.78, 5) is 18.8. The topological polar surface area (TPSA) is 57.3 Å². The van der Waals surface area contributed by atoms with Crippen LogP contribution in [0.25, 0.3) is 0 Å². The van der Waals surface area contributed by atoms with Crippen LogP contribution in [0.3, 0.4) is 0 Å². The molecule has 0 radical (unpaired) electrons. The van der Waals surface area contributed by atoms with Crippen LogP contribution in [0.5, 0.6) is 0 Å². The highest BCUT2D eigenvalue weighted by molar-refractivity contribution is 5.94. The maximum atomic E-state index is 12.1. The van der Waals surface area contributed by atoms with Gasteiger partial charge in [-0.15, -0.1) is 0 Å². The summed E-state index contributed by atoms with van der Waals surface area (Å²) in [6.07, 6.45) is 6.48. The number of piperidine rings is 1. The number of carbonyl (C=O) groups excluding carboxylic acids is 1. The molecule has 0 aromatic carbocycles. The Morgan fingerprint density at radius 3 is 2.86 bits per heavy atom. The largest absolute Gasteiger partial charge is 0.368 e. The summed E-state index contributed by atoms with van der Waals surface area (Å²) in [5.74, 6) is 0.762. The Hall–Kier alpha value is -1.62. The number of carbonyl (C=O) groups is 1. The van der Waals surface area contributed by atoms with Gasteiger partial charge in [-0.3, -0.25) is 4.79 Å². The van der Waals surface area contributed by atoms with E-state index in [9.17, 15) is 4.79 Å². The van der Waals surface area contributed by atoms with E-state index in [1.54, 1.807) is 6.20 Å². The molecule has 1 aromatic heterocycles. The zero-order valence-corrected chi connectivity index (χ0v) is 13.9. The van der Waals surface area contributed by atoms with Crippen molar-refractivity contribution >= 4 is 11.7 Å². The molecule has 1 amide bonds. The SMILES string of the molecule is CC(C)Nc1ccc(C(=O)NCC[C@@H]2CCCCN2C)cn1. The minimum atomic E-state index is -0.0398. The monoisotopic (exact) mass is 304 g/mol. The van der Waals surface area contributed by atoms with Crippen LogP contribution in [0.1, 0.15) is 49.9 Å². The number of anilines is 1. The molecule has 5 heteroatoms. The van der Waals surface area contributed by atoms with Crippen LogP contribution in [0.4, 0.5) is 5.82 Å². The number of nitrogens with zero attached hydrogens (tertiary/aromatic N) is 2. The van der Waals surface area contributed by atoms with Gasteiger partial charge in [0.15, 0.2) is 0 Å². The molecule has 0 spiro atoms. The van der Waals surface area contributed by atoms with Gasteiger partial charge in [-0.2, -0.15) is 0 Å². The molecule has 0 bridgehead atoms. The predicted molar refractivity (Wildman–Crippen MR) is 90.2 cm³/mol. The Labute approximate surface area is 133 Å². The van der Waals surface area contributed by atoms with Crippen LogP contribution in [0, 0.1) is 0 Å². The Balaban J connectivity index is 1.77. The van der Waals surface area contributed by atoms with E-state index in [1.807, 2.05) is 12.1 Å². The molecule has 1 aliphatic heterocycles. The van der Waals surface area contributed by atoms with E-state index in [1.165, 1.54) is 25.8 Å². The molecule has 0 aliphatic carbocycles. The lowest BCUT2D eigenvalue weighted by Crippen LogP contribution is -2.39. The Morgan fingerprint density at radius 1 is 1.41 bits per heavy atom. The number of hydrogen-bond donors (Lipinski definition) is 2. The standard InChI is InChI=1S/C17H28N4O/c1-13(2)20-16-8-7-14(12-19-16)17(22)18-10-9-15-6-4-5-11-21(15)3/h7-8,12-13,15H,4-6,9-11H2,1-3H3,(H,18,22)(H,19,20)/t15-/m0/s1. The van der Waals surface area contributed by atoms with Gasteiger partial charge in [0, 0.05) is 24.8 Å². The lowest BCUT2D eigenvalue weighted by molar-refractivity contribution is 0.0945. The number of amides is 1. The second-order valence-electron chi connectivity index (χ2n) is 6.41.